The van der Waals surface area contributed by atoms with Gasteiger partial charge in [-0.3, -0.25) is 4.79 Å². The summed E-state index contributed by atoms with van der Waals surface area (Å²) in [7, 11) is 0. The van der Waals surface area contributed by atoms with Gasteiger partial charge in [0, 0.05) is 6.04 Å². The minimum atomic E-state index is -0.436. The van der Waals surface area contributed by atoms with E-state index in [0.717, 1.165) is 12.8 Å². The number of halogens is 2. The molecule has 104 valence electrons. The second-order valence-electron chi connectivity index (χ2n) is 5.06. The molecule has 0 unspecified atom stereocenters. The van der Waals surface area contributed by atoms with Gasteiger partial charge in [0.2, 0.25) is 0 Å². The average molecular weight is 286 g/mol. The molecule has 1 aliphatic rings. The average Bonchev–Trinajstić information content (AvgIpc) is 2.36. The summed E-state index contributed by atoms with van der Waals surface area (Å²) in [5.74, 6) is -0.793. The standard InChI is InChI=1S/C14H17ClFNO2/c1-8-6-12(15)11(7-13(8)16)14(19)17-9-2-4-10(18)5-3-9/h6-7,9-10,18H,2-5H2,1H3,(H,17,19). The van der Waals surface area contributed by atoms with Crippen molar-refractivity contribution < 1.29 is 14.3 Å². The molecule has 0 saturated heterocycles. The molecule has 5 heteroatoms. The van der Waals surface area contributed by atoms with Gasteiger partial charge in [-0.2, -0.15) is 0 Å². The fourth-order valence-electron chi connectivity index (χ4n) is 2.30. The van der Waals surface area contributed by atoms with Crippen LogP contribution in [0.1, 0.15) is 41.6 Å². The molecule has 0 radical (unpaired) electrons. The number of carbonyl (C=O) groups is 1. The normalized spacial score (nSPS) is 23.2. The van der Waals surface area contributed by atoms with Gasteiger partial charge in [-0.15, -0.1) is 0 Å². The lowest BCUT2D eigenvalue weighted by molar-refractivity contribution is 0.0867. The topological polar surface area (TPSA) is 49.3 Å². The first kappa shape index (κ1) is 14.3. The van der Waals surface area contributed by atoms with Crippen LogP contribution in [0.4, 0.5) is 4.39 Å². The van der Waals surface area contributed by atoms with Crippen molar-refractivity contribution in [2.24, 2.45) is 0 Å². The molecule has 0 spiro atoms. The Morgan fingerprint density at radius 2 is 2.00 bits per heavy atom. The molecule has 1 aromatic carbocycles. The number of aliphatic hydroxyl groups excluding tert-OH is 1. The number of carbonyl (C=O) groups excluding carboxylic acids is 1. The minimum absolute atomic E-state index is 0.0244. The Kier molecular flexibility index (Phi) is 4.42. The quantitative estimate of drug-likeness (QED) is 0.878. The van der Waals surface area contributed by atoms with Crippen LogP contribution in [0.2, 0.25) is 5.02 Å². The van der Waals surface area contributed by atoms with Crippen molar-refractivity contribution in [3.63, 3.8) is 0 Å². The van der Waals surface area contributed by atoms with Gasteiger partial charge < -0.3 is 10.4 Å². The second-order valence-corrected chi connectivity index (χ2v) is 5.47. The van der Waals surface area contributed by atoms with Gasteiger partial charge in [0.1, 0.15) is 5.82 Å². The van der Waals surface area contributed by atoms with Crippen LogP contribution in [-0.4, -0.2) is 23.2 Å². The Hall–Kier alpha value is -1.13. The van der Waals surface area contributed by atoms with Crippen molar-refractivity contribution in [3.05, 3.63) is 34.1 Å². The third kappa shape index (κ3) is 3.45. The maximum Gasteiger partial charge on any atom is 0.253 e. The zero-order chi connectivity index (χ0) is 14.0. The van der Waals surface area contributed by atoms with Crippen LogP contribution in [0.15, 0.2) is 12.1 Å². The van der Waals surface area contributed by atoms with Crippen molar-refractivity contribution in [1.82, 2.24) is 5.32 Å². The highest BCUT2D eigenvalue weighted by Gasteiger charge is 2.22. The van der Waals surface area contributed by atoms with Gasteiger partial charge in [-0.1, -0.05) is 11.6 Å². The first-order chi connectivity index (χ1) is 8.97. The van der Waals surface area contributed by atoms with E-state index < -0.39 is 5.82 Å². The lowest BCUT2D eigenvalue weighted by Crippen LogP contribution is -2.38. The van der Waals surface area contributed by atoms with E-state index in [1.807, 2.05) is 0 Å². The second kappa shape index (κ2) is 5.88. The molecule has 2 N–H and O–H groups in total. The molecule has 1 amide bonds. The van der Waals surface area contributed by atoms with Crippen LogP contribution in [-0.2, 0) is 0 Å². The molecule has 0 atom stereocenters. The number of hydrogen-bond donors (Lipinski definition) is 2. The van der Waals surface area contributed by atoms with Crippen molar-refractivity contribution in [2.45, 2.75) is 44.8 Å². The van der Waals surface area contributed by atoms with E-state index in [2.05, 4.69) is 5.32 Å². The summed E-state index contributed by atoms with van der Waals surface area (Å²) in [6.07, 6.45) is 2.56. The van der Waals surface area contributed by atoms with Crippen LogP contribution < -0.4 is 5.32 Å². The van der Waals surface area contributed by atoms with Crippen LogP contribution in [0.5, 0.6) is 0 Å². The van der Waals surface area contributed by atoms with Crippen LogP contribution >= 0.6 is 11.6 Å². The van der Waals surface area contributed by atoms with Gasteiger partial charge in [0.25, 0.3) is 5.91 Å². The Balaban J connectivity index is 2.06. The fraction of sp³-hybridized carbons (Fsp3) is 0.500. The zero-order valence-electron chi connectivity index (χ0n) is 10.7. The van der Waals surface area contributed by atoms with E-state index in [9.17, 15) is 14.3 Å². The number of amides is 1. The molecule has 1 aliphatic carbocycles. The number of aryl methyl sites for hydroxylation is 1. The Labute approximate surface area is 116 Å². The molecule has 1 aromatic rings. The summed E-state index contributed by atoms with van der Waals surface area (Å²) >= 11 is 5.97. The summed E-state index contributed by atoms with van der Waals surface area (Å²) in [4.78, 5) is 12.1. The smallest absolute Gasteiger partial charge is 0.253 e. The zero-order valence-corrected chi connectivity index (χ0v) is 11.5. The number of hydrogen-bond acceptors (Lipinski definition) is 2. The number of nitrogens with one attached hydrogen (secondary N) is 1. The molecule has 0 heterocycles. The van der Waals surface area contributed by atoms with E-state index >= 15 is 0 Å². The van der Waals surface area contributed by atoms with Gasteiger partial charge >= 0.3 is 0 Å². The highest BCUT2D eigenvalue weighted by Crippen LogP contribution is 2.22. The van der Waals surface area contributed by atoms with E-state index in [0.29, 0.717) is 18.4 Å². The van der Waals surface area contributed by atoms with Crippen molar-refractivity contribution in [2.75, 3.05) is 0 Å². The predicted molar refractivity (Wildman–Crippen MR) is 71.9 cm³/mol. The fourth-order valence-corrected chi connectivity index (χ4v) is 2.61. The Bertz CT molecular complexity index is 485. The maximum atomic E-state index is 13.5. The van der Waals surface area contributed by atoms with E-state index in [1.54, 1.807) is 6.92 Å². The molecule has 0 aromatic heterocycles. The van der Waals surface area contributed by atoms with Gasteiger partial charge in [0.05, 0.1) is 16.7 Å². The first-order valence-electron chi connectivity index (χ1n) is 6.42. The summed E-state index contributed by atoms with van der Waals surface area (Å²) in [5.41, 5.74) is 0.582. The largest absolute Gasteiger partial charge is 0.393 e. The van der Waals surface area contributed by atoms with Crippen molar-refractivity contribution >= 4 is 17.5 Å². The van der Waals surface area contributed by atoms with Crippen LogP contribution in [0.25, 0.3) is 0 Å². The van der Waals surface area contributed by atoms with Crippen molar-refractivity contribution in [3.8, 4) is 0 Å². The minimum Gasteiger partial charge on any atom is -0.393 e. The maximum absolute atomic E-state index is 13.5. The molecule has 0 bridgehead atoms. The van der Waals surface area contributed by atoms with Gasteiger partial charge in [-0.25, -0.2) is 4.39 Å². The van der Waals surface area contributed by atoms with Crippen molar-refractivity contribution in [1.29, 1.82) is 0 Å². The van der Waals surface area contributed by atoms with E-state index in [1.165, 1.54) is 12.1 Å². The summed E-state index contributed by atoms with van der Waals surface area (Å²) in [5, 5.41) is 12.5. The molecule has 0 aliphatic heterocycles. The van der Waals surface area contributed by atoms with Gasteiger partial charge in [0.15, 0.2) is 0 Å². The monoisotopic (exact) mass is 285 g/mol. The number of rotatable bonds is 2. The molecular weight excluding hydrogens is 269 g/mol. The molecule has 2 rings (SSSR count). The third-order valence-electron chi connectivity index (χ3n) is 3.52. The van der Waals surface area contributed by atoms with E-state index in [-0.39, 0.29) is 28.6 Å². The molecule has 1 saturated carbocycles. The molecule has 19 heavy (non-hydrogen) atoms. The Morgan fingerprint density at radius 1 is 1.37 bits per heavy atom. The van der Waals surface area contributed by atoms with E-state index in [4.69, 9.17) is 11.6 Å². The summed E-state index contributed by atoms with van der Waals surface area (Å²) < 4.78 is 13.5. The predicted octanol–water partition coefficient (Wildman–Crippen LogP) is 2.82. The molecule has 1 fully saturated rings. The Morgan fingerprint density at radius 3 is 2.63 bits per heavy atom. The number of benzene rings is 1. The lowest BCUT2D eigenvalue weighted by Gasteiger charge is -2.26. The summed E-state index contributed by atoms with van der Waals surface area (Å²) in [6.45, 7) is 1.60. The summed E-state index contributed by atoms with van der Waals surface area (Å²) in [6, 6.07) is 2.65. The third-order valence-corrected chi connectivity index (χ3v) is 3.84. The highest BCUT2D eigenvalue weighted by molar-refractivity contribution is 6.33. The van der Waals surface area contributed by atoms with Gasteiger partial charge in [-0.05, 0) is 50.3 Å². The number of aliphatic hydroxyl groups is 1. The lowest BCUT2D eigenvalue weighted by atomic mass is 9.93. The highest BCUT2D eigenvalue weighted by atomic mass is 35.5. The molecule has 3 nitrogen and oxygen atoms in total. The SMILES string of the molecule is Cc1cc(Cl)c(C(=O)NC2CCC(O)CC2)cc1F. The molecular formula is C14H17ClFNO2. The first-order valence-corrected chi connectivity index (χ1v) is 6.79. The van der Waals surface area contributed by atoms with Crippen LogP contribution in [0, 0.1) is 12.7 Å². The van der Waals surface area contributed by atoms with Crippen LogP contribution in [0.3, 0.4) is 0 Å².